The smallest absolute Gasteiger partial charge is 0.309 e. The molecule has 0 heterocycles. The third kappa shape index (κ3) is 8.84. The largest absolute Gasteiger partial charge is 0.481 e. The maximum atomic E-state index is 12.5. The van der Waals surface area contributed by atoms with Crippen molar-refractivity contribution in [3.63, 3.8) is 0 Å². The average Bonchev–Trinajstić information content (AvgIpc) is 2.86. The Labute approximate surface area is 203 Å². The number of carboxylic acids is 1. The molecule has 0 spiro atoms. The van der Waals surface area contributed by atoms with Gasteiger partial charge < -0.3 is 19.9 Å². The summed E-state index contributed by atoms with van der Waals surface area (Å²) in [6, 6.07) is 15.4. The van der Waals surface area contributed by atoms with E-state index in [2.05, 4.69) is 58.6 Å². The maximum Gasteiger partial charge on any atom is 0.309 e. The minimum atomic E-state index is -1.33. The number of methoxy groups -OCH3 is 1. The highest BCUT2D eigenvalue weighted by Gasteiger charge is 2.38. The third-order valence-electron chi connectivity index (χ3n) is 5.77. The van der Waals surface area contributed by atoms with E-state index >= 15 is 0 Å². The average molecular weight is 486 g/mol. The molecule has 35 heavy (non-hydrogen) atoms. The van der Waals surface area contributed by atoms with Gasteiger partial charge in [-0.2, -0.15) is 0 Å². The molecule has 9 heteroatoms. The lowest BCUT2D eigenvalue weighted by Crippen LogP contribution is -2.49. The van der Waals surface area contributed by atoms with Crippen molar-refractivity contribution in [3.05, 3.63) is 48.5 Å². The Morgan fingerprint density at radius 1 is 0.943 bits per heavy atom. The number of hydrogen-bond acceptors (Lipinski definition) is 7. The number of amides is 1. The number of rotatable bonds is 8. The Morgan fingerprint density at radius 2 is 1.46 bits per heavy atom. The summed E-state index contributed by atoms with van der Waals surface area (Å²) in [7, 11) is 1.24. The standard InChI is InChI=1S/C16H23NO8.C10H8/c1-9(18)25-8-13(19)12(7-14(20)21)17-15(22)10-5-3-4-6-11(10)16(23)24-2;1-2-6-10-8-4-3-7-9(10)5-1/h10-12H,3-8H2,1-2H3,(H,17,22)(H,20,21);1-8H. The number of carboxylic acid groups (broad SMARTS) is 1. The van der Waals surface area contributed by atoms with Gasteiger partial charge in [-0.1, -0.05) is 61.4 Å². The van der Waals surface area contributed by atoms with Gasteiger partial charge in [0.25, 0.3) is 0 Å². The Kier molecular flexibility index (Phi) is 10.9. The van der Waals surface area contributed by atoms with Crippen LogP contribution in [0, 0.1) is 11.8 Å². The topological polar surface area (TPSA) is 136 Å². The van der Waals surface area contributed by atoms with Crippen LogP contribution in [-0.2, 0) is 33.4 Å². The van der Waals surface area contributed by atoms with Crippen LogP contribution in [0.15, 0.2) is 48.5 Å². The molecule has 3 rings (SSSR count). The lowest BCUT2D eigenvalue weighted by molar-refractivity contribution is -0.153. The molecule has 3 atom stereocenters. The van der Waals surface area contributed by atoms with Crippen molar-refractivity contribution in [2.45, 2.75) is 45.1 Å². The van der Waals surface area contributed by atoms with Gasteiger partial charge in [-0.15, -0.1) is 0 Å². The lowest BCUT2D eigenvalue weighted by atomic mass is 9.78. The van der Waals surface area contributed by atoms with Crippen molar-refractivity contribution in [1.29, 1.82) is 0 Å². The molecule has 1 aliphatic carbocycles. The first-order valence-corrected chi connectivity index (χ1v) is 11.4. The summed E-state index contributed by atoms with van der Waals surface area (Å²) in [4.78, 5) is 58.1. The molecule has 3 unspecified atom stereocenters. The quantitative estimate of drug-likeness (QED) is 0.545. The van der Waals surface area contributed by atoms with Gasteiger partial charge in [0, 0.05) is 6.92 Å². The highest BCUT2D eigenvalue weighted by atomic mass is 16.5. The summed E-state index contributed by atoms with van der Waals surface area (Å²) in [6.07, 6.45) is 1.84. The van der Waals surface area contributed by atoms with E-state index in [1.165, 1.54) is 17.9 Å². The van der Waals surface area contributed by atoms with Crippen LogP contribution in [0.5, 0.6) is 0 Å². The molecule has 188 valence electrons. The number of benzene rings is 2. The van der Waals surface area contributed by atoms with Gasteiger partial charge in [-0.3, -0.25) is 24.0 Å². The van der Waals surface area contributed by atoms with E-state index in [4.69, 9.17) is 9.84 Å². The fourth-order valence-electron chi connectivity index (χ4n) is 3.98. The van der Waals surface area contributed by atoms with E-state index < -0.39 is 60.5 Å². The lowest BCUT2D eigenvalue weighted by Gasteiger charge is -2.29. The van der Waals surface area contributed by atoms with Crippen LogP contribution in [0.2, 0.25) is 0 Å². The molecule has 2 aromatic carbocycles. The fourth-order valence-corrected chi connectivity index (χ4v) is 3.98. The molecule has 1 aliphatic rings. The van der Waals surface area contributed by atoms with Crippen LogP contribution >= 0.6 is 0 Å². The zero-order valence-electron chi connectivity index (χ0n) is 19.9. The molecule has 1 amide bonds. The van der Waals surface area contributed by atoms with Gasteiger partial charge in [0.05, 0.1) is 25.4 Å². The molecule has 2 aromatic rings. The second kappa shape index (κ2) is 13.8. The van der Waals surface area contributed by atoms with Crippen LogP contribution in [0.4, 0.5) is 0 Å². The zero-order chi connectivity index (χ0) is 25.8. The Morgan fingerprint density at radius 3 is 1.91 bits per heavy atom. The number of ketones is 1. The van der Waals surface area contributed by atoms with E-state index in [1.807, 2.05) is 0 Å². The summed E-state index contributed by atoms with van der Waals surface area (Å²) in [6.45, 7) is 0.486. The molecule has 1 saturated carbocycles. The van der Waals surface area contributed by atoms with E-state index in [9.17, 15) is 24.0 Å². The SMILES string of the molecule is COC(=O)C1CCCCC1C(=O)NC(CC(=O)O)C(=O)COC(C)=O.c1ccc2ccccc2c1. The number of carbonyl (C=O) groups is 5. The minimum absolute atomic E-state index is 0.448. The van der Waals surface area contributed by atoms with E-state index in [0.717, 1.165) is 19.8 Å². The summed E-state index contributed by atoms with van der Waals surface area (Å²) in [5, 5.41) is 13.9. The van der Waals surface area contributed by atoms with Gasteiger partial charge >= 0.3 is 17.9 Å². The molecule has 0 radical (unpaired) electrons. The Hall–Kier alpha value is -3.75. The van der Waals surface area contributed by atoms with E-state index in [1.54, 1.807) is 0 Å². The molecule has 9 nitrogen and oxygen atoms in total. The first-order chi connectivity index (χ1) is 16.7. The number of Topliss-reactive ketones (excluding diaryl/α,β-unsaturated/α-hetero) is 1. The van der Waals surface area contributed by atoms with Crippen molar-refractivity contribution in [2.24, 2.45) is 11.8 Å². The summed E-state index contributed by atoms with van der Waals surface area (Å²) < 4.78 is 9.28. The Bertz CT molecular complexity index is 985. The molecule has 2 N–H and O–H groups in total. The van der Waals surface area contributed by atoms with Crippen molar-refractivity contribution in [2.75, 3.05) is 13.7 Å². The molecular formula is C26H31NO8. The van der Waals surface area contributed by atoms with Crippen LogP contribution in [0.1, 0.15) is 39.0 Å². The summed E-state index contributed by atoms with van der Waals surface area (Å²) in [5.74, 6) is -5.07. The monoisotopic (exact) mass is 485 g/mol. The second-order valence-electron chi connectivity index (χ2n) is 8.27. The maximum absolute atomic E-state index is 12.5. The number of hydrogen-bond donors (Lipinski definition) is 2. The molecule has 0 aliphatic heterocycles. The van der Waals surface area contributed by atoms with Crippen molar-refractivity contribution in [1.82, 2.24) is 5.32 Å². The number of ether oxygens (including phenoxy) is 2. The third-order valence-corrected chi connectivity index (χ3v) is 5.77. The van der Waals surface area contributed by atoms with E-state index in [0.29, 0.717) is 12.8 Å². The number of fused-ring (bicyclic) bond motifs is 1. The summed E-state index contributed by atoms with van der Waals surface area (Å²) >= 11 is 0. The van der Waals surface area contributed by atoms with Gasteiger partial charge in [0.15, 0.2) is 12.4 Å². The van der Waals surface area contributed by atoms with Gasteiger partial charge in [0.1, 0.15) is 6.04 Å². The zero-order valence-corrected chi connectivity index (χ0v) is 19.9. The molecule has 1 fully saturated rings. The normalized spacial score (nSPS) is 17.8. The molecular weight excluding hydrogens is 454 g/mol. The number of aliphatic carboxylic acids is 1. The Balaban J connectivity index is 0.000000353. The van der Waals surface area contributed by atoms with Crippen LogP contribution < -0.4 is 5.32 Å². The van der Waals surface area contributed by atoms with E-state index in [-0.39, 0.29) is 0 Å². The number of carbonyl (C=O) groups excluding carboxylic acids is 4. The van der Waals surface area contributed by atoms with Gasteiger partial charge in [-0.05, 0) is 23.6 Å². The first-order valence-electron chi connectivity index (χ1n) is 11.4. The van der Waals surface area contributed by atoms with Crippen LogP contribution in [0.3, 0.4) is 0 Å². The van der Waals surface area contributed by atoms with Crippen LogP contribution in [-0.4, -0.2) is 54.5 Å². The van der Waals surface area contributed by atoms with Gasteiger partial charge in [-0.25, -0.2) is 0 Å². The summed E-state index contributed by atoms with van der Waals surface area (Å²) in [5.41, 5.74) is 0. The predicted octanol–water partition coefficient (Wildman–Crippen LogP) is 2.90. The first kappa shape index (κ1) is 27.5. The number of esters is 2. The number of nitrogens with one attached hydrogen (secondary N) is 1. The molecule has 0 bridgehead atoms. The molecule has 0 aromatic heterocycles. The van der Waals surface area contributed by atoms with Crippen molar-refractivity contribution in [3.8, 4) is 0 Å². The second-order valence-corrected chi connectivity index (χ2v) is 8.27. The van der Waals surface area contributed by atoms with Crippen molar-refractivity contribution < 1.29 is 38.6 Å². The molecule has 0 saturated heterocycles. The van der Waals surface area contributed by atoms with Gasteiger partial charge in [0.2, 0.25) is 5.91 Å². The highest BCUT2D eigenvalue weighted by molar-refractivity contribution is 5.94. The minimum Gasteiger partial charge on any atom is -0.481 e. The fraction of sp³-hybridized carbons (Fsp3) is 0.423. The van der Waals surface area contributed by atoms with Crippen LogP contribution in [0.25, 0.3) is 10.8 Å². The van der Waals surface area contributed by atoms with Crippen molar-refractivity contribution >= 4 is 40.4 Å². The highest BCUT2D eigenvalue weighted by Crippen LogP contribution is 2.31. The predicted molar refractivity (Wildman–Crippen MR) is 127 cm³/mol.